The molecule has 6 heteroatoms. The van der Waals surface area contributed by atoms with E-state index in [1.54, 1.807) is 19.2 Å². The highest BCUT2D eigenvalue weighted by Gasteiger charge is 2.19. The molecule has 144 valence electrons. The number of carbonyl (C=O) groups is 1. The zero-order chi connectivity index (χ0) is 19.1. The Kier molecular flexibility index (Phi) is 6.65. The molecule has 0 atom stereocenters. The predicted molar refractivity (Wildman–Crippen MR) is 105 cm³/mol. The van der Waals surface area contributed by atoms with Gasteiger partial charge in [-0.15, -0.1) is 0 Å². The van der Waals surface area contributed by atoms with Crippen molar-refractivity contribution in [2.24, 2.45) is 0 Å². The number of piperazine rings is 1. The topological polar surface area (TPSA) is 44.8 Å². The van der Waals surface area contributed by atoms with Gasteiger partial charge in [0.15, 0.2) is 0 Å². The quantitative estimate of drug-likeness (QED) is 0.811. The van der Waals surface area contributed by atoms with Crippen molar-refractivity contribution in [2.75, 3.05) is 51.3 Å². The van der Waals surface area contributed by atoms with Gasteiger partial charge in [-0.1, -0.05) is 12.1 Å². The van der Waals surface area contributed by atoms with Crippen molar-refractivity contribution in [3.05, 3.63) is 59.9 Å². The second-order valence-electron chi connectivity index (χ2n) is 6.69. The van der Waals surface area contributed by atoms with Crippen molar-refractivity contribution in [2.45, 2.75) is 6.42 Å². The van der Waals surface area contributed by atoms with Crippen LogP contribution in [0.2, 0.25) is 0 Å². The fourth-order valence-electron chi connectivity index (χ4n) is 3.25. The Balaban J connectivity index is 1.37. The molecule has 1 saturated heterocycles. The molecule has 1 heterocycles. The minimum Gasteiger partial charge on any atom is -0.497 e. The predicted octanol–water partition coefficient (Wildman–Crippen LogP) is 2.32. The largest absolute Gasteiger partial charge is 0.497 e. The van der Waals surface area contributed by atoms with E-state index in [-0.39, 0.29) is 11.7 Å². The molecular weight excluding hydrogens is 345 g/mol. The maximum absolute atomic E-state index is 13.0. The number of halogens is 1. The Morgan fingerprint density at radius 1 is 1.11 bits per heavy atom. The van der Waals surface area contributed by atoms with Crippen LogP contribution in [0.15, 0.2) is 48.5 Å². The molecule has 1 aliphatic heterocycles. The maximum Gasteiger partial charge on any atom is 0.234 e. The minimum atomic E-state index is -0.219. The molecule has 1 N–H and O–H groups in total. The molecule has 0 aliphatic carbocycles. The van der Waals surface area contributed by atoms with Gasteiger partial charge in [-0.2, -0.15) is 0 Å². The SMILES string of the molecule is COc1cccc(CCNC(=O)CN2CCN(c3ccc(F)cc3)CC2)c1. The van der Waals surface area contributed by atoms with Gasteiger partial charge < -0.3 is 15.0 Å². The molecule has 0 unspecified atom stereocenters. The second-order valence-corrected chi connectivity index (χ2v) is 6.69. The number of anilines is 1. The number of nitrogens with one attached hydrogen (secondary N) is 1. The number of benzene rings is 2. The van der Waals surface area contributed by atoms with E-state index in [0.29, 0.717) is 13.1 Å². The number of methoxy groups -OCH3 is 1. The average Bonchev–Trinajstić information content (AvgIpc) is 2.69. The molecule has 0 bridgehead atoms. The van der Waals surface area contributed by atoms with Crippen molar-refractivity contribution >= 4 is 11.6 Å². The number of hydrogen-bond donors (Lipinski definition) is 1. The van der Waals surface area contributed by atoms with Gasteiger partial charge >= 0.3 is 0 Å². The van der Waals surface area contributed by atoms with E-state index in [9.17, 15) is 9.18 Å². The third-order valence-corrected chi connectivity index (χ3v) is 4.80. The van der Waals surface area contributed by atoms with E-state index in [4.69, 9.17) is 4.74 Å². The first-order valence-corrected chi connectivity index (χ1v) is 9.26. The average molecular weight is 371 g/mol. The van der Waals surface area contributed by atoms with Gasteiger partial charge in [0.05, 0.1) is 13.7 Å². The fraction of sp³-hybridized carbons (Fsp3) is 0.381. The molecule has 3 rings (SSSR count). The molecule has 0 spiro atoms. The Bertz CT molecular complexity index is 743. The summed E-state index contributed by atoms with van der Waals surface area (Å²) in [7, 11) is 1.65. The van der Waals surface area contributed by atoms with Crippen LogP contribution in [0.25, 0.3) is 0 Å². The summed E-state index contributed by atoms with van der Waals surface area (Å²) in [6.07, 6.45) is 0.779. The lowest BCUT2D eigenvalue weighted by Crippen LogP contribution is -2.49. The van der Waals surface area contributed by atoms with Gasteiger partial charge in [-0.25, -0.2) is 4.39 Å². The first kappa shape index (κ1) is 19.2. The van der Waals surface area contributed by atoms with E-state index < -0.39 is 0 Å². The number of hydrogen-bond acceptors (Lipinski definition) is 4. The van der Waals surface area contributed by atoms with Gasteiger partial charge in [0.2, 0.25) is 5.91 Å². The molecule has 1 fully saturated rings. The lowest BCUT2D eigenvalue weighted by Gasteiger charge is -2.35. The van der Waals surface area contributed by atoms with Gasteiger partial charge in [-0.3, -0.25) is 9.69 Å². The lowest BCUT2D eigenvalue weighted by atomic mass is 10.1. The normalized spacial score (nSPS) is 14.8. The van der Waals surface area contributed by atoms with Crippen molar-refractivity contribution in [1.29, 1.82) is 0 Å². The molecular formula is C21H26FN3O2. The van der Waals surface area contributed by atoms with Crippen molar-refractivity contribution in [3.63, 3.8) is 0 Å². The smallest absolute Gasteiger partial charge is 0.234 e. The van der Waals surface area contributed by atoms with E-state index in [1.807, 2.05) is 24.3 Å². The lowest BCUT2D eigenvalue weighted by molar-refractivity contribution is -0.122. The molecule has 2 aromatic rings. The van der Waals surface area contributed by atoms with E-state index >= 15 is 0 Å². The van der Waals surface area contributed by atoms with Crippen LogP contribution in [-0.2, 0) is 11.2 Å². The number of carbonyl (C=O) groups excluding carboxylic acids is 1. The van der Waals surface area contributed by atoms with E-state index in [2.05, 4.69) is 15.1 Å². The summed E-state index contributed by atoms with van der Waals surface area (Å²) < 4.78 is 18.2. The van der Waals surface area contributed by atoms with Crippen LogP contribution in [-0.4, -0.2) is 57.2 Å². The summed E-state index contributed by atoms with van der Waals surface area (Å²) in [4.78, 5) is 16.6. The van der Waals surface area contributed by atoms with Crippen LogP contribution in [0.1, 0.15) is 5.56 Å². The Morgan fingerprint density at radius 2 is 1.85 bits per heavy atom. The zero-order valence-corrected chi connectivity index (χ0v) is 15.7. The van der Waals surface area contributed by atoms with Crippen LogP contribution in [0.5, 0.6) is 5.75 Å². The Labute approximate surface area is 159 Å². The molecule has 5 nitrogen and oxygen atoms in total. The number of nitrogens with zero attached hydrogens (tertiary/aromatic N) is 2. The molecule has 1 amide bonds. The van der Waals surface area contributed by atoms with Crippen molar-refractivity contribution < 1.29 is 13.9 Å². The molecule has 2 aromatic carbocycles. The Hall–Kier alpha value is -2.60. The molecule has 27 heavy (non-hydrogen) atoms. The van der Waals surface area contributed by atoms with Gasteiger partial charge in [-0.05, 0) is 48.4 Å². The van der Waals surface area contributed by atoms with Crippen LogP contribution >= 0.6 is 0 Å². The summed E-state index contributed by atoms with van der Waals surface area (Å²) >= 11 is 0. The highest BCUT2D eigenvalue weighted by atomic mass is 19.1. The minimum absolute atomic E-state index is 0.0492. The molecule has 0 aromatic heterocycles. The first-order valence-electron chi connectivity index (χ1n) is 9.26. The monoisotopic (exact) mass is 371 g/mol. The van der Waals surface area contributed by atoms with E-state index in [0.717, 1.165) is 49.6 Å². The zero-order valence-electron chi connectivity index (χ0n) is 15.7. The third-order valence-electron chi connectivity index (χ3n) is 4.80. The number of rotatable bonds is 7. The molecule has 0 radical (unpaired) electrons. The van der Waals surface area contributed by atoms with Gasteiger partial charge in [0.1, 0.15) is 11.6 Å². The summed E-state index contributed by atoms with van der Waals surface area (Å²) in [5, 5.41) is 2.99. The highest BCUT2D eigenvalue weighted by Crippen LogP contribution is 2.17. The second kappa shape index (κ2) is 9.37. The van der Waals surface area contributed by atoms with E-state index in [1.165, 1.54) is 12.1 Å². The van der Waals surface area contributed by atoms with Crippen LogP contribution in [0.4, 0.5) is 10.1 Å². The van der Waals surface area contributed by atoms with Crippen LogP contribution in [0.3, 0.4) is 0 Å². The third kappa shape index (κ3) is 5.69. The summed E-state index contributed by atoms with van der Waals surface area (Å²) in [5.74, 6) is 0.661. The highest BCUT2D eigenvalue weighted by molar-refractivity contribution is 5.78. The van der Waals surface area contributed by atoms with Gasteiger partial charge in [0, 0.05) is 38.4 Å². The maximum atomic E-state index is 13.0. The first-order chi connectivity index (χ1) is 13.1. The summed E-state index contributed by atoms with van der Waals surface area (Å²) in [5.41, 5.74) is 2.17. The number of amides is 1. The standard InChI is InChI=1S/C21H26FN3O2/c1-27-20-4-2-3-17(15-20)9-10-23-21(26)16-24-11-13-25(14-12-24)19-7-5-18(22)6-8-19/h2-8,15H,9-14,16H2,1H3,(H,23,26). The fourth-order valence-corrected chi connectivity index (χ4v) is 3.25. The summed E-state index contributed by atoms with van der Waals surface area (Å²) in [6.45, 7) is 4.34. The number of ether oxygens (including phenoxy) is 1. The van der Waals surface area contributed by atoms with Gasteiger partial charge in [0.25, 0.3) is 0 Å². The van der Waals surface area contributed by atoms with Crippen molar-refractivity contribution in [3.8, 4) is 5.75 Å². The summed E-state index contributed by atoms with van der Waals surface area (Å²) in [6, 6.07) is 14.5. The molecule has 1 aliphatic rings. The Morgan fingerprint density at radius 3 is 2.56 bits per heavy atom. The van der Waals surface area contributed by atoms with Crippen LogP contribution in [0, 0.1) is 5.82 Å². The van der Waals surface area contributed by atoms with Crippen molar-refractivity contribution in [1.82, 2.24) is 10.2 Å². The van der Waals surface area contributed by atoms with Crippen LogP contribution < -0.4 is 15.0 Å². The molecule has 0 saturated carbocycles.